The maximum Gasteiger partial charge on any atom is 0.237 e. The quantitative estimate of drug-likeness (QED) is 0.265. The summed E-state index contributed by atoms with van der Waals surface area (Å²) in [7, 11) is 4.23. The predicted octanol–water partition coefficient (Wildman–Crippen LogP) is 6.23. The Morgan fingerprint density at radius 3 is 2.13 bits per heavy atom. The van der Waals surface area contributed by atoms with Crippen molar-refractivity contribution in [2.24, 2.45) is 23.0 Å². The van der Waals surface area contributed by atoms with Crippen LogP contribution < -0.4 is 5.73 Å². The molecule has 1 heterocycles. The van der Waals surface area contributed by atoms with Crippen LogP contribution in [-0.4, -0.2) is 89.6 Å². The summed E-state index contributed by atoms with van der Waals surface area (Å²) < 4.78 is 0. The van der Waals surface area contributed by atoms with Gasteiger partial charge in [0, 0.05) is 31.6 Å². The lowest BCUT2D eigenvalue weighted by molar-refractivity contribution is -0.180. The second-order valence-electron chi connectivity index (χ2n) is 13.8. The number of nitrogens with zero attached hydrogens (tertiary/aromatic N) is 3. The highest BCUT2D eigenvalue weighted by Crippen LogP contribution is 2.38. The van der Waals surface area contributed by atoms with E-state index in [1.54, 1.807) is 0 Å². The lowest BCUT2D eigenvalue weighted by Crippen LogP contribution is -2.44. The number of carbonyl (C=O) groups is 1. The van der Waals surface area contributed by atoms with E-state index in [1.807, 2.05) is 39.8 Å². The van der Waals surface area contributed by atoms with E-state index in [0.717, 1.165) is 31.1 Å². The van der Waals surface area contributed by atoms with Crippen molar-refractivity contribution >= 4 is 5.91 Å². The topological polar surface area (TPSA) is 102 Å². The maximum atomic E-state index is 12.0. The Labute approximate surface area is 276 Å². The zero-order valence-corrected chi connectivity index (χ0v) is 30.4. The third-order valence-corrected chi connectivity index (χ3v) is 9.24. The summed E-state index contributed by atoms with van der Waals surface area (Å²) in [6, 6.07) is 8.23. The molecule has 8 nitrogen and oxygen atoms in total. The van der Waals surface area contributed by atoms with Gasteiger partial charge in [-0.1, -0.05) is 105 Å². The van der Waals surface area contributed by atoms with Crippen LogP contribution in [0.15, 0.2) is 24.3 Å². The standard InChI is InChI=1S/C24H40N4O4.C9H18.2C2H6/c1-26(2)11-12-27(20-9-4-3-5-10-20)14-18-7-6-8-19(13-18)15-28-23(24(25)31)21(16-29)22(17-30)32-28;1-8-5-4-6-9(2,3)7-8;2*1-2/h6-8,13,20-23,29-30H,3-5,9-12,14-17H2,1-2H3,(H2,25,31);8H,4-7H2,1-3H3;2*1-2H3/t21-,22?,23+;;;/m1.../s1. The number of benzene rings is 1. The van der Waals surface area contributed by atoms with E-state index < -0.39 is 24.0 Å². The zero-order valence-electron chi connectivity index (χ0n) is 30.4. The molecule has 4 rings (SSSR count). The molecule has 4 N–H and O–H groups in total. The van der Waals surface area contributed by atoms with E-state index in [-0.39, 0.29) is 13.2 Å². The second kappa shape index (κ2) is 22.1. The van der Waals surface area contributed by atoms with Crippen LogP contribution in [0, 0.1) is 17.3 Å². The molecule has 1 saturated heterocycles. The Hall–Kier alpha value is -1.55. The minimum Gasteiger partial charge on any atom is -0.396 e. The smallest absolute Gasteiger partial charge is 0.237 e. The molecule has 1 aromatic carbocycles. The number of hydrogen-bond donors (Lipinski definition) is 3. The summed E-state index contributed by atoms with van der Waals surface area (Å²) in [5, 5.41) is 20.8. The number of amides is 1. The van der Waals surface area contributed by atoms with Crippen LogP contribution in [0.25, 0.3) is 0 Å². The van der Waals surface area contributed by atoms with Crippen LogP contribution in [-0.2, 0) is 22.7 Å². The SMILES string of the molecule is CC.CC.CC1CCCC(C)(C)C1.CN(C)CCN(Cc1cccc(CN2OC(CO)[C@@H](CO)[C@H]2C(N)=O)c1)C1CCCCC1. The van der Waals surface area contributed by atoms with Gasteiger partial charge < -0.3 is 20.8 Å². The Morgan fingerprint density at radius 2 is 1.62 bits per heavy atom. The van der Waals surface area contributed by atoms with Crippen LogP contribution in [0.2, 0.25) is 0 Å². The molecule has 8 heteroatoms. The molecule has 262 valence electrons. The lowest BCUT2D eigenvalue weighted by Gasteiger charge is -2.35. The number of rotatable bonds is 11. The number of nitrogens with two attached hydrogens (primary N) is 1. The van der Waals surface area contributed by atoms with Gasteiger partial charge in [-0.3, -0.25) is 14.5 Å². The average Bonchev–Trinajstić information content (AvgIpc) is 3.39. The van der Waals surface area contributed by atoms with Crippen molar-refractivity contribution in [1.29, 1.82) is 0 Å². The highest BCUT2D eigenvalue weighted by atomic mass is 16.7. The van der Waals surface area contributed by atoms with Gasteiger partial charge >= 0.3 is 0 Å². The lowest BCUT2D eigenvalue weighted by atomic mass is 9.73. The summed E-state index contributed by atoms with van der Waals surface area (Å²) >= 11 is 0. The minimum absolute atomic E-state index is 0.266. The molecule has 2 unspecified atom stereocenters. The van der Waals surface area contributed by atoms with E-state index in [4.69, 9.17) is 10.6 Å². The second-order valence-corrected chi connectivity index (χ2v) is 13.8. The molecule has 0 bridgehead atoms. The molecule has 4 atom stereocenters. The van der Waals surface area contributed by atoms with Gasteiger partial charge in [-0.2, -0.15) is 5.06 Å². The van der Waals surface area contributed by atoms with Gasteiger partial charge in [0.1, 0.15) is 12.1 Å². The summed E-state index contributed by atoms with van der Waals surface area (Å²) in [5.74, 6) is -0.106. The van der Waals surface area contributed by atoms with E-state index in [9.17, 15) is 15.0 Å². The third-order valence-electron chi connectivity index (χ3n) is 9.24. The number of hydrogen-bond acceptors (Lipinski definition) is 7. The third kappa shape index (κ3) is 14.4. The molecule has 45 heavy (non-hydrogen) atoms. The monoisotopic (exact) mass is 635 g/mol. The van der Waals surface area contributed by atoms with E-state index >= 15 is 0 Å². The maximum absolute atomic E-state index is 12.0. The first kappa shape index (κ1) is 41.5. The van der Waals surface area contributed by atoms with Crippen molar-refractivity contribution < 1.29 is 19.8 Å². The minimum atomic E-state index is -0.764. The van der Waals surface area contributed by atoms with Gasteiger partial charge in [-0.05, 0) is 62.2 Å². The van der Waals surface area contributed by atoms with Gasteiger partial charge in [0.2, 0.25) is 5.91 Å². The predicted molar refractivity (Wildman–Crippen MR) is 187 cm³/mol. The average molecular weight is 635 g/mol. The van der Waals surface area contributed by atoms with Crippen molar-refractivity contribution in [2.75, 3.05) is 40.4 Å². The van der Waals surface area contributed by atoms with Crippen LogP contribution in [0.4, 0.5) is 0 Å². The Balaban J connectivity index is 0.000000655. The van der Waals surface area contributed by atoms with Gasteiger partial charge in [-0.15, -0.1) is 0 Å². The van der Waals surface area contributed by atoms with Crippen LogP contribution in [0.1, 0.15) is 117 Å². The molecule has 3 aliphatic rings. The molecule has 0 spiro atoms. The van der Waals surface area contributed by atoms with Gasteiger partial charge in [0.25, 0.3) is 0 Å². The van der Waals surface area contributed by atoms with Crippen molar-refractivity contribution in [3.63, 3.8) is 0 Å². The molecular formula is C37H70N4O4. The number of aliphatic hydroxyl groups excluding tert-OH is 2. The number of primary amides is 1. The Morgan fingerprint density at radius 1 is 0.978 bits per heavy atom. The van der Waals surface area contributed by atoms with Gasteiger partial charge in [0.05, 0.1) is 19.8 Å². The first-order valence-corrected chi connectivity index (χ1v) is 17.9. The fraction of sp³-hybridized carbons (Fsp3) is 0.811. The van der Waals surface area contributed by atoms with Crippen molar-refractivity contribution in [2.45, 2.75) is 138 Å². The van der Waals surface area contributed by atoms with Gasteiger partial charge in [0.15, 0.2) is 0 Å². The highest BCUT2D eigenvalue weighted by molar-refractivity contribution is 5.80. The van der Waals surface area contributed by atoms with E-state index in [0.29, 0.717) is 18.0 Å². The normalized spacial score (nSPS) is 25.0. The van der Waals surface area contributed by atoms with E-state index in [2.05, 4.69) is 56.8 Å². The molecular weight excluding hydrogens is 564 g/mol. The molecule has 0 radical (unpaired) electrons. The molecule has 0 aromatic heterocycles. The molecule has 2 saturated carbocycles. The van der Waals surface area contributed by atoms with Crippen molar-refractivity contribution in [3.05, 3.63) is 35.4 Å². The van der Waals surface area contributed by atoms with Gasteiger partial charge in [-0.25, -0.2) is 0 Å². The molecule has 3 fully saturated rings. The molecule has 1 amide bonds. The summed E-state index contributed by atoms with van der Waals surface area (Å²) in [4.78, 5) is 22.7. The first-order valence-electron chi connectivity index (χ1n) is 17.9. The highest BCUT2D eigenvalue weighted by Gasteiger charge is 2.45. The molecule has 2 aliphatic carbocycles. The Kier molecular flexibility index (Phi) is 20.4. The fourth-order valence-corrected chi connectivity index (χ4v) is 7.09. The van der Waals surface area contributed by atoms with E-state index in [1.165, 1.54) is 68.4 Å². The Bertz CT molecular complexity index is 921. The number of carbonyl (C=O) groups excluding carboxylic acids is 1. The molecule has 1 aromatic rings. The number of aliphatic hydroxyl groups is 2. The van der Waals surface area contributed by atoms with Crippen LogP contribution >= 0.6 is 0 Å². The summed E-state index contributed by atoms with van der Waals surface area (Å²) in [6.07, 6.45) is 11.6. The fourth-order valence-electron chi connectivity index (χ4n) is 7.09. The van der Waals surface area contributed by atoms with Crippen molar-refractivity contribution in [3.8, 4) is 0 Å². The van der Waals surface area contributed by atoms with Crippen LogP contribution in [0.3, 0.4) is 0 Å². The number of likely N-dealkylation sites (N-methyl/N-ethyl adjacent to an activating group) is 1. The zero-order chi connectivity index (χ0) is 34.0. The van der Waals surface area contributed by atoms with Crippen LogP contribution in [0.5, 0.6) is 0 Å². The largest absolute Gasteiger partial charge is 0.396 e. The molecule has 1 aliphatic heterocycles. The van der Waals surface area contributed by atoms with Crippen molar-refractivity contribution in [1.82, 2.24) is 14.9 Å². The first-order chi connectivity index (χ1) is 21.5. The number of hydroxylamine groups is 2. The summed E-state index contributed by atoms with van der Waals surface area (Å²) in [6.45, 7) is 18.0. The summed E-state index contributed by atoms with van der Waals surface area (Å²) in [5.41, 5.74) is 8.50.